The smallest absolute Gasteiger partial charge is 0.432 e. The number of esters is 1. The predicted molar refractivity (Wildman–Crippen MR) is 121 cm³/mol. The zero-order chi connectivity index (χ0) is 26.0. The maximum atomic E-state index is 14.0. The Kier molecular flexibility index (Phi) is 7.53. The summed E-state index contributed by atoms with van der Waals surface area (Å²) in [5.74, 6) is -1.56. The molecule has 0 aliphatic carbocycles. The Morgan fingerprint density at radius 3 is 2.37 bits per heavy atom. The van der Waals surface area contributed by atoms with E-state index in [4.69, 9.17) is 9.47 Å². The van der Waals surface area contributed by atoms with Crippen molar-refractivity contribution in [3.63, 3.8) is 0 Å². The minimum Gasteiger partial charge on any atom is -0.460 e. The Bertz CT molecular complexity index is 1310. The van der Waals surface area contributed by atoms with Crippen LogP contribution in [0.5, 0.6) is 0 Å². The van der Waals surface area contributed by atoms with Crippen molar-refractivity contribution in [2.45, 2.75) is 50.6 Å². The van der Waals surface area contributed by atoms with Crippen LogP contribution < -0.4 is 11.2 Å². The van der Waals surface area contributed by atoms with Crippen molar-refractivity contribution in [3.05, 3.63) is 63.1 Å². The molecule has 0 radical (unpaired) electrons. The van der Waals surface area contributed by atoms with Crippen molar-refractivity contribution in [3.8, 4) is 0 Å². The van der Waals surface area contributed by atoms with Crippen molar-refractivity contribution < 1.29 is 27.4 Å². The normalized spacial score (nSPS) is 14.6. The molecule has 12 heteroatoms. The summed E-state index contributed by atoms with van der Waals surface area (Å²) in [4.78, 5) is 42.0. The fourth-order valence-electron chi connectivity index (χ4n) is 4.01. The maximum Gasteiger partial charge on any atom is 0.432 e. The summed E-state index contributed by atoms with van der Waals surface area (Å²) in [6.07, 6.45) is -3.48. The van der Waals surface area contributed by atoms with Gasteiger partial charge in [0.05, 0.1) is 12.4 Å². The first-order chi connectivity index (χ1) is 16.5. The lowest BCUT2D eigenvalue weighted by molar-refractivity contribution is -0.278. The summed E-state index contributed by atoms with van der Waals surface area (Å²) in [5, 5.41) is 0. The van der Waals surface area contributed by atoms with Gasteiger partial charge in [-0.1, -0.05) is 30.3 Å². The van der Waals surface area contributed by atoms with E-state index in [9.17, 15) is 27.6 Å². The van der Waals surface area contributed by atoms with Gasteiger partial charge in [-0.3, -0.25) is 13.9 Å². The van der Waals surface area contributed by atoms with Crippen LogP contribution in [-0.4, -0.2) is 44.0 Å². The minimum atomic E-state index is -5.05. The molecule has 0 aliphatic rings. The number of aryl methyl sites for hydroxylation is 2. The minimum absolute atomic E-state index is 0.0991. The number of unbranched alkanes of at least 4 members (excludes halogenated alkanes) is 1. The van der Waals surface area contributed by atoms with E-state index in [0.29, 0.717) is 18.4 Å². The summed E-state index contributed by atoms with van der Waals surface area (Å²) in [6.45, 7) is 1.58. The molecule has 0 unspecified atom stereocenters. The molecule has 35 heavy (non-hydrogen) atoms. The lowest BCUT2D eigenvalue weighted by Gasteiger charge is -2.33. The number of benzene rings is 1. The van der Waals surface area contributed by atoms with Crippen LogP contribution in [0, 0.1) is 0 Å². The first-order valence-corrected chi connectivity index (χ1v) is 10.9. The molecule has 190 valence electrons. The van der Waals surface area contributed by atoms with Gasteiger partial charge in [0.2, 0.25) is 0 Å². The van der Waals surface area contributed by atoms with Gasteiger partial charge in [0.25, 0.3) is 11.2 Å². The lowest BCUT2D eigenvalue weighted by Crippen LogP contribution is -2.52. The lowest BCUT2D eigenvalue weighted by atomic mass is 9.92. The van der Waals surface area contributed by atoms with E-state index in [1.165, 1.54) is 47.6 Å². The largest absolute Gasteiger partial charge is 0.460 e. The summed E-state index contributed by atoms with van der Waals surface area (Å²) in [7, 11) is 3.98. The molecule has 1 aromatic carbocycles. The molecule has 0 saturated heterocycles. The molecule has 0 saturated carbocycles. The Morgan fingerprint density at radius 2 is 1.77 bits per heavy atom. The molecule has 2 atom stereocenters. The molecule has 0 bridgehead atoms. The first kappa shape index (κ1) is 26.2. The van der Waals surface area contributed by atoms with E-state index >= 15 is 0 Å². The molecule has 2 aromatic heterocycles. The summed E-state index contributed by atoms with van der Waals surface area (Å²) < 4.78 is 55.7. The van der Waals surface area contributed by atoms with Crippen LogP contribution in [0.3, 0.4) is 0 Å². The predicted octanol–water partition coefficient (Wildman–Crippen LogP) is 2.64. The average Bonchev–Trinajstić information content (AvgIpc) is 3.19. The van der Waals surface area contributed by atoms with Gasteiger partial charge >= 0.3 is 17.8 Å². The van der Waals surface area contributed by atoms with E-state index in [1.54, 1.807) is 7.05 Å². The van der Waals surface area contributed by atoms with Crippen molar-refractivity contribution in [1.29, 1.82) is 0 Å². The highest BCUT2D eigenvalue weighted by molar-refractivity contribution is 5.82. The first-order valence-electron chi connectivity index (χ1n) is 10.9. The Labute approximate surface area is 198 Å². The standard InChI is InChI=1S/C23H27F3N4O5/c1-15(35-20(32)22(34-4,23(24,25)26)16-11-6-5-7-12-16)10-8-9-13-30-19(31)17-18(27-14-28(17)2)29(3)21(30)33/h5-7,11-12,14-15H,8-10,13H2,1-4H3/t15-,22+/m1/s1. The van der Waals surface area contributed by atoms with E-state index in [-0.39, 0.29) is 24.2 Å². The third-order valence-electron chi connectivity index (χ3n) is 5.92. The number of methoxy groups -OCH3 is 1. The van der Waals surface area contributed by atoms with Crippen molar-refractivity contribution >= 4 is 17.1 Å². The second-order valence-electron chi connectivity index (χ2n) is 8.29. The van der Waals surface area contributed by atoms with Crippen LogP contribution in [0.2, 0.25) is 0 Å². The Balaban J connectivity index is 1.67. The zero-order valence-corrected chi connectivity index (χ0v) is 19.8. The third kappa shape index (κ3) is 4.75. The molecule has 9 nitrogen and oxygen atoms in total. The molecular formula is C23H27F3N4O5. The molecule has 0 aliphatic heterocycles. The molecule has 0 amide bonds. The number of fused-ring (bicyclic) bond motifs is 1. The Hall–Kier alpha value is -3.41. The third-order valence-corrected chi connectivity index (χ3v) is 5.92. The molecule has 0 N–H and O–H groups in total. The second-order valence-corrected chi connectivity index (χ2v) is 8.29. The number of rotatable bonds is 9. The van der Waals surface area contributed by atoms with Crippen molar-refractivity contribution in [2.75, 3.05) is 7.11 Å². The van der Waals surface area contributed by atoms with Crippen molar-refractivity contribution in [2.24, 2.45) is 14.1 Å². The molecule has 0 fully saturated rings. The number of carbonyl (C=O) groups excluding carboxylic acids is 1. The summed E-state index contributed by atoms with van der Waals surface area (Å²) in [5.41, 5.74) is -4.05. The number of halogens is 3. The van der Waals surface area contributed by atoms with E-state index < -0.39 is 35.1 Å². The number of imidazole rings is 1. The zero-order valence-electron chi connectivity index (χ0n) is 19.8. The van der Waals surface area contributed by atoms with Crippen LogP contribution in [0.15, 0.2) is 46.2 Å². The molecule has 3 rings (SSSR count). The number of hydrogen-bond acceptors (Lipinski definition) is 6. The topological polar surface area (TPSA) is 97.3 Å². The summed E-state index contributed by atoms with van der Waals surface area (Å²) in [6, 6.07) is 6.58. The van der Waals surface area contributed by atoms with E-state index in [1.807, 2.05) is 0 Å². The highest BCUT2D eigenvalue weighted by Crippen LogP contribution is 2.43. The van der Waals surface area contributed by atoms with Crippen LogP contribution in [0.4, 0.5) is 13.2 Å². The number of alkyl halides is 3. The summed E-state index contributed by atoms with van der Waals surface area (Å²) >= 11 is 0. The van der Waals surface area contributed by atoms with Gasteiger partial charge in [-0.15, -0.1) is 0 Å². The number of aromatic nitrogens is 4. The number of ether oxygens (including phenoxy) is 2. The van der Waals surface area contributed by atoms with Crippen LogP contribution in [0.25, 0.3) is 11.2 Å². The highest BCUT2D eigenvalue weighted by Gasteiger charge is 2.64. The Morgan fingerprint density at radius 1 is 1.11 bits per heavy atom. The van der Waals surface area contributed by atoms with Gasteiger partial charge in [-0.05, 0) is 26.2 Å². The van der Waals surface area contributed by atoms with Gasteiger partial charge in [-0.25, -0.2) is 14.6 Å². The van der Waals surface area contributed by atoms with Crippen LogP contribution >= 0.6 is 0 Å². The number of nitrogens with zero attached hydrogens (tertiary/aromatic N) is 4. The molecular weight excluding hydrogens is 469 g/mol. The monoisotopic (exact) mass is 496 g/mol. The van der Waals surface area contributed by atoms with Gasteiger partial charge < -0.3 is 14.0 Å². The van der Waals surface area contributed by atoms with Gasteiger partial charge in [0.1, 0.15) is 0 Å². The average molecular weight is 496 g/mol. The highest BCUT2D eigenvalue weighted by atomic mass is 19.4. The van der Waals surface area contributed by atoms with Gasteiger partial charge in [-0.2, -0.15) is 13.2 Å². The van der Waals surface area contributed by atoms with Crippen LogP contribution in [-0.2, 0) is 40.5 Å². The molecule has 3 aromatic rings. The van der Waals surface area contributed by atoms with Gasteiger partial charge in [0, 0.05) is 33.3 Å². The molecule has 0 spiro atoms. The number of carbonyl (C=O) groups is 1. The van der Waals surface area contributed by atoms with E-state index in [0.717, 1.165) is 23.8 Å². The van der Waals surface area contributed by atoms with Crippen molar-refractivity contribution in [1.82, 2.24) is 18.7 Å². The SMILES string of the molecule is CO[C@](C(=O)O[C@H](C)CCCCn1c(=O)c2c(ncn2C)n(C)c1=O)(c1ccccc1)C(F)(F)F. The maximum absolute atomic E-state index is 14.0. The number of hydrogen-bond donors (Lipinski definition) is 0. The molecule has 2 heterocycles. The van der Waals surface area contributed by atoms with E-state index in [2.05, 4.69) is 4.98 Å². The fraction of sp³-hybridized carbons (Fsp3) is 0.478. The van der Waals surface area contributed by atoms with Crippen LogP contribution in [0.1, 0.15) is 31.7 Å². The van der Waals surface area contributed by atoms with Gasteiger partial charge in [0.15, 0.2) is 11.2 Å². The fourth-order valence-corrected chi connectivity index (χ4v) is 4.01. The quantitative estimate of drug-likeness (QED) is 0.334. The second kappa shape index (κ2) is 10.1.